The predicted octanol–water partition coefficient (Wildman–Crippen LogP) is 3.09. The van der Waals surface area contributed by atoms with E-state index in [0.29, 0.717) is 31.9 Å². The van der Waals surface area contributed by atoms with Crippen molar-refractivity contribution in [3.63, 3.8) is 0 Å². The van der Waals surface area contributed by atoms with Gasteiger partial charge in [-0.15, -0.1) is 0 Å². The molecule has 0 atom stereocenters. The summed E-state index contributed by atoms with van der Waals surface area (Å²) in [5.74, 6) is 0.488. The van der Waals surface area contributed by atoms with Crippen molar-refractivity contribution in [3.05, 3.63) is 47.1 Å². The highest BCUT2D eigenvalue weighted by Gasteiger charge is 2.25. The van der Waals surface area contributed by atoms with Gasteiger partial charge in [-0.3, -0.25) is 4.79 Å². The van der Waals surface area contributed by atoms with E-state index in [1.54, 1.807) is 6.20 Å². The summed E-state index contributed by atoms with van der Waals surface area (Å²) in [6, 6.07) is 9.65. The van der Waals surface area contributed by atoms with Crippen molar-refractivity contribution >= 4 is 29.3 Å². The average molecular weight is 361 g/mol. The Morgan fingerprint density at radius 3 is 2.64 bits per heavy atom. The lowest BCUT2D eigenvalue weighted by Crippen LogP contribution is -2.36. The molecule has 0 radical (unpaired) electrons. The minimum atomic E-state index is -0.702. The third-order valence-electron chi connectivity index (χ3n) is 4.42. The van der Waals surface area contributed by atoms with Crippen LogP contribution in [0.3, 0.4) is 0 Å². The van der Waals surface area contributed by atoms with Gasteiger partial charge in [0.15, 0.2) is 0 Å². The van der Waals surface area contributed by atoms with Crippen LogP contribution in [-0.4, -0.2) is 40.7 Å². The van der Waals surface area contributed by atoms with Crippen LogP contribution in [0, 0.1) is 5.92 Å². The average Bonchev–Trinajstić information content (AvgIpc) is 2.64. The Morgan fingerprint density at radius 1 is 1.24 bits per heavy atom. The van der Waals surface area contributed by atoms with Gasteiger partial charge in [0, 0.05) is 30.9 Å². The van der Waals surface area contributed by atoms with E-state index in [1.165, 1.54) is 5.56 Å². The third-order valence-corrected chi connectivity index (χ3v) is 4.67. The maximum atomic E-state index is 11.0. The number of carboxylic acids is 1. The number of aromatic nitrogens is 2. The maximum absolute atomic E-state index is 11.0. The number of piperidine rings is 1. The van der Waals surface area contributed by atoms with Crippen molar-refractivity contribution in [1.82, 2.24) is 9.97 Å². The molecule has 0 spiro atoms. The van der Waals surface area contributed by atoms with Gasteiger partial charge < -0.3 is 15.3 Å². The van der Waals surface area contributed by atoms with Gasteiger partial charge in [-0.1, -0.05) is 23.7 Å². The smallest absolute Gasteiger partial charge is 0.306 e. The number of aliphatic carboxylic acids is 1. The van der Waals surface area contributed by atoms with Crippen molar-refractivity contribution < 1.29 is 9.90 Å². The summed E-state index contributed by atoms with van der Waals surface area (Å²) in [6.07, 6.45) is 3.89. The van der Waals surface area contributed by atoms with Crippen LogP contribution in [0.25, 0.3) is 0 Å². The van der Waals surface area contributed by atoms with Gasteiger partial charge in [-0.2, -0.15) is 4.98 Å². The highest BCUT2D eigenvalue weighted by molar-refractivity contribution is 6.30. The first-order valence-electron chi connectivity index (χ1n) is 8.41. The summed E-state index contributed by atoms with van der Waals surface area (Å²) in [7, 11) is 0. The number of nitrogens with one attached hydrogen (secondary N) is 1. The lowest BCUT2D eigenvalue weighted by Gasteiger charge is -2.31. The predicted molar refractivity (Wildman–Crippen MR) is 98.3 cm³/mol. The lowest BCUT2D eigenvalue weighted by molar-refractivity contribution is -0.142. The Bertz CT molecular complexity index is 715. The molecule has 0 bridgehead atoms. The quantitative estimate of drug-likeness (QED) is 0.824. The van der Waals surface area contributed by atoms with Crippen LogP contribution in [0.15, 0.2) is 36.5 Å². The van der Waals surface area contributed by atoms with E-state index in [4.69, 9.17) is 16.7 Å². The van der Waals surface area contributed by atoms with Gasteiger partial charge in [-0.05, 0) is 43.0 Å². The molecule has 1 aromatic heterocycles. The molecule has 0 unspecified atom stereocenters. The van der Waals surface area contributed by atoms with E-state index in [1.807, 2.05) is 30.3 Å². The molecule has 0 amide bonds. The summed E-state index contributed by atoms with van der Waals surface area (Å²) in [5.41, 5.74) is 1.20. The van der Waals surface area contributed by atoms with Crippen LogP contribution in [-0.2, 0) is 11.2 Å². The van der Waals surface area contributed by atoms with E-state index in [2.05, 4.69) is 20.2 Å². The monoisotopic (exact) mass is 360 g/mol. The Balaban J connectivity index is 1.53. The Morgan fingerprint density at radius 2 is 1.96 bits per heavy atom. The minimum absolute atomic E-state index is 0.241. The fourth-order valence-electron chi connectivity index (χ4n) is 2.94. The van der Waals surface area contributed by atoms with Gasteiger partial charge in [0.2, 0.25) is 5.95 Å². The molecule has 132 valence electrons. The van der Waals surface area contributed by atoms with Crippen LogP contribution in [0.2, 0.25) is 5.02 Å². The largest absolute Gasteiger partial charge is 0.481 e. The highest BCUT2D eigenvalue weighted by atomic mass is 35.5. The molecule has 2 heterocycles. The Hall–Kier alpha value is -2.34. The normalized spacial score (nSPS) is 15.2. The fourth-order valence-corrected chi connectivity index (χ4v) is 3.06. The molecule has 1 aliphatic rings. The molecule has 3 rings (SSSR count). The number of rotatable bonds is 6. The second-order valence-electron chi connectivity index (χ2n) is 6.14. The van der Waals surface area contributed by atoms with E-state index in [-0.39, 0.29) is 5.92 Å². The molecule has 0 saturated carbocycles. The number of anilines is 2. The number of carboxylic acid groups (broad SMARTS) is 1. The zero-order chi connectivity index (χ0) is 17.6. The van der Waals surface area contributed by atoms with Crippen molar-refractivity contribution in [2.75, 3.05) is 29.9 Å². The number of halogens is 1. The summed E-state index contributed by atoms with van der Waals surface area (Å²) < 4.78 is 0. The van der Waals surface area contributed by atoms with E-state index in [9.17, 15) is 4.79 Å². The first kappa shape index (κ1) is 17.5. The minimum Gasteiger partial charge on any atom is -0.481 e. The van der Waals surface area contributed by atoms with Crippen molar-refractivity contribution in [2.24, 2.45) is 5.92 Å². The molecular weight excluding hydrogens is 340 g/mol. The zero-order valence-electron chi connectivity index (χ0n) is 13.9. The molecular formula is C18H21ClN4O2. The molecule has 7 heteroatoms. The molecule has 2 aromatic rings. The van der Waals surface area contributed by atoms with Gasteiger partial charge in [-0.25, -0.2) is 4.98 Å². The number of carbonyl (C=O) groups is 1. The second-order valence-corrected chi connectivity index (χ2v) is 6.58. The lowest BCUT2D eigenvalue weighted by atomic mass is 9.97. The summed E-state index contributed by atoms with van der Waals surface area (Å²) in [5, 5.41) is 13.1. The van der Waals surface area contributed by atoms with E-state index in [0.717, 1.165) is 23.8 Å². The maximum Gasteiger partial charge on any atom is 0.306 e. The van der Waals surface area contributed by atoms with Crippen molar-refractivity contribution in [2.45, 2.75) is 19.3 Å². The fraction of sp³-hybridized carbons (Fsp3) is 0.389. The Kier molecular flexibility index (Phi) is 5.71. The van der Waals surface area contributed by atoms with E-state index < -0.39 is 5.97 Å². The molecule has 0 aliphatic carbocycles. The molecule has 1 fully saturated rings. The summed E-state index contributed by atoms with van der Waals surface area (Å²) in [4.78, 5) is 22.0. The highest BCUT2D eigenvalue weighted by Crippen LogP contribution is 2.22. The molecule has 1 saturated heterocycles. The zero-order valence-corrected chi connectivity index (χ0v) is 14.6. The van der Waals surface area contributed by atoms with Crippen LogP contribution >= 0.6 is 11.6 Å². The Labute approximate surface area is 151 Å². The van der Waals surface area contributed by atoms with Crippen LogP contribution in [0.1, 0.15) is 18.4 Å². The second kappa shape index (κ2) is 8.16. The molecule has 1 aliphatic heterocycles. The standard InChI is InChI=1S/C18H21ClN4O2/c19-15-3-1-13(2-4-15)5-9-20-18-21-10-6-16(22-18)23-11-7-14(8-12-23)17(24)25/h1-4,6,10,14H,5,7-9,11-12H2,(H,24,25)(H,20,21,22). The van der Waals surface area contributed by atoms with E-state index >= 15 is 0 Å². The molecule has 25 heavy (non-hydrogen) atoms. The summed E-state index contributed by atoms with van der Waals surface area (Å²) in [6.45, 7) is 2.14. The third kappa shape index (κ3) is 4.82. The number of hydrogen-bond acceptors (Lipinski definition) is 5. The first-order chi connectivity index (χ1) is 12.1. The van der Waals surface area contributed by atoms with Crippen LogP contribution < -0.4 is 10.2 Å². The number of benzene rings is 1. The summed E-state index contributed by atoms with van der Waals surface area (Å²) >= 11 is 5.89. The SMILES string of the molecule is O=C(O)C1CCN(c2ccnc(NCCc3ccc(Cl)cc3)n2)CC1. The van der Waals surface area contributed by atoms with Gasteiger partial charge in [0.1, 0.15) is 5.82 Å². The number of hydrogen-bond donors (Lipinski definition) is 2. The molecule has 1 aromatic carbocycles. The van der Waals surface area contributed by atoms with Crippen LogP contribution in [0.4, 0.5) is 11.8 Å². The van der Waals surface area contributed by atoms with Gasteiger partial charge in [0.25, 0.3) is 0 Å². The first-order valence-corrected chi connectivity index (χ1v) is 8.79. The number of nitrogens with zero attached hydrogens (tertiary/aromatic N) is 3. The molecule has 6 nitrogen and oxygen atoms in total. The van der Waals surface area contributed by atoms with Crippen molar-refractivity contribution in [1.29, 1.82) is 0 Å². The topological polar surface area (TPSA) is 78.3 Å². The van der Waals surface area contributed by atoms with Crippen LogP contribution in [0.5, 0.6) is 0 Å². The molecule has 2 N–H and O–H groups in total. The van der Waals surface area contributed by atoms with Gasteiger partial charge in [0.05, 0.1) is 5.92 Å². The van der Waals surface area contributed by atoms with Crippen molar-refractivity contribution in [3.8, 4) is 0 Å². The van der Waals surface area contributed by atoms with Gasteiger partial charge >= 0.3 is 5.97 Å².